The minimum atomic E-state index is -0.245. The van der Waals surface area contributed by atoms with Crippen molar-refractivity contribution in [1.29, 1.82) is 0 Å². The quantitative estimate of drug-likeness (QED) is 0.679. The maximum absolute atomic E-state index is 11.3. The highest BCUT2D eigenvalue weighted by atomic mass is 16.7. The van der Waals surface area contributed by atoms with E-state index in [4.69, 9.17) is 19.3 Å². The van der Waals surface area contributed by atoms with E-state index in [0.717, 1.165) is 22.2 Å². The van der Waals surface area contributed by atoms with Gasteiger partial charge in [0, 0.05) is 23.7 Å². The monoisotopic (exact) mass is 380 g/mol. The number of ether oxygens (including phenoxy) is 2. The van der Waals surface area contributed by atoms with E-state index < -0.39 is 0 Å². The molecule has 3 heterocycles. The van der Waals surface area contributed by atoms with Gasteiger partial charge in [0.2, 0.25) is 5.91 Å². The first kappa shape index (κ1) is 18.0. The van der Waals surface area contributed by atoms with E-state index in [1.165, 1.54) is 0 Å². The number of amides is 1. The van der Waals surface area contributed by atoms with E-state index in [1.54, 1.807) is 20.4 Å². The summed E-state index contributed by atoms with van der Waals surface area (Å²) < 4.78 is 10.7. The third-order valence-corrected chi connectivity index (χ3v) is 4.53. The van der Waals surface area contributed by atoms with Crippen LogP contribution in [0.5, 0.6) is 11.5 Å². The van der Waals surface area contributed by atoms with Crippen molar-refractivity contribution in [2.45, 2.75) is 12.5 Å². The molecule has 3 aromatic rings. The zero-order valence-electron chi connectivity index (χ0n) is 15.6. The third-order valence-electron chi connectivity index (χ3n) is 4.53. The first-order valence-electron chi connectivity index (χ1n) is 8.84. The number of carbonyl (C=O) groups excluding carboxylic acids is 1. The topological polar surface area (TPSA) is 94.6 Å². The number of methoxy groups -OCH3 is 2. The van der Waals surface area contributed by atoms with Crippen molar-refractivity contribution in [1.82, 2.24) is 15.4 Å². The standard InChI is InChI=1S/C20H20N4O4/c1-26-17-6-5-12(8-18(17)27-2)15-10-16-14(4-3-7-21-16)20(23-15)22-11-13-9-19(25)24-28-13/h3-8,10,13H,9,11H2,1-2H3,(H,22,23)(H,24,25)/t13-/m1/s1. The van der Waals surface area contributed by atoms with Gasteiger partial charge in [0.15, 0.2) is 11.5 Å². The van der Waals surface area contributed by atoms with Crippen LogP contribution in [0.1, 0.15) is 6.42 Å². The second kappa shape index (κ2) is 7.69. The molecule has 2 N–H and O–H groups in total. The van der Waals surface area contributed by atoms with E-state index in [-0.39, 0.29) is 12.0 Å². The molecule has 0 bridgehead atoms. The van der Waals surface area contributed by atoms with Crippen LogP contribution in [-0.2, 0) is 9.63 Å². The number of hydroxylamine groups is 1. The number of fused-ring (bicyclic) bond motifs is 1. The Morgan fingerprint density at radius 1 is 1.21 bits per heavy atom. The molecule has 8 nitrogen and oxygen atoms in total. The maximum atomic E-state index is 11.3. The minimum absolute atomic E-state index is 0.120. The van der Waals surface area contributed by atoms with E-state index in [2.05, 4.69) is 15.8 Å². The summed E-state index contributed by atoms with van der Waals surface area (Å²) in [5, 5.41) is 4.18. The number of nitrogens with zero attached hydrogens (tertiary/aromatic N) is 2. The Bertz CT molecular complexity index is 1020. The fourth-order valence-electron chi connectivity index (χ4n) is 3.12. The predicted octanol–water partition coefficient (Wildman–Crippen LogP) is 2.55. The largest absolute Gasteiger partial charge is 0.493 e. The van der Waals surface area contributed by atoms with Crippen LogP contribution in [0.4, 0.5) is 5.82 Å². The van der Waals surface area contributed by atoms with Gasteiger partial charge in [-0.25, -0.2) is 10.5 Å². The highest BCUT2D eigenvalue weighted by molar-refractivity contribution is 5.92. The number of hydrogen-bond acceptors (Lipinski definition) is 7. The van der Waals surface area contributed by atoms with Crippen LogP contribution < -0.4 is 20.3 Å². The van der Waals surface area contributed by atoms with Gasteiger partial charge in [0.1, 0.15) is 11.9 Å². The summed E-state index contributed by atoms with van der Waals surface area (Å²) in [6, 6.07) is 11.4. The minimum Gasteiger partial charge on any atom is -0.493 e. The lowest BCUT2D eigenvalue weighted by molar-refractivity contribution is -0.124. The number of carbonyl (C=O) groups is 1. The normalized spacial score (nSPS) is 16.1. The number of nitrogens with one attached hydrogen (secondary N) is 2. The summed E-state index contributed by atoms with van der Waals surface area (Å²) >= 11 is 0. The number of hydrogen-bond donors (Lipinski definition) is 2. The molecular weight excluding hydrogens is 360 g/mol. The van der Waals surface area contributed by atoms with E-state index in [9.17, 15) is 4.79 Å². The molecule has 1 saturated heterocycles. The van der Waals surface area contributed by atoms with Gasteiger partial charge >= 0.3 is 0 Å². The zero-order chi connectivity index (χ0) is 19.5. The van der Waals surface area contributed by atoms with E-state index in [1.807, 2.05) is 36.4 Å². The summed E-state index contributed by atoms with van der Waals surface area (Å²) in [7, 11) is 3.20. The molecule has 1 amide bonds. The van der Waals surface area contributed by atoms with Gasteiger partial charge in [0.05, 0.1) is 31.9 Å². The van der Waals surface area contributed by atoms with Gasteiger partial charge < -0.3 is 14.8 Å². The molecule has 1 aliphatic rings. The van der Waals surface area contributed by atoms with Crippen LogP contribution >= 0.6 is 0 Å². The third kappa shape index (κ3) is 3.54. The Morgan fingerprint density at radius 2 is 2.07 bits per heavy atom. The first-order valence-corrected chi connectivity index (χ1v) is 8.84. The highest BCUT2D eigenvalue weighted by Crippen LogP contribution is 2.33. The molecule has 0 unspecified atom stereocenters. The number of anilines is 1. The molecule has 8 heteroatoms. The Kier molecular flexibility index (Phi) is 4.94. The van der Waals surface area contributed by atoms with Crippen LogP contribution in [-0.4, -0.2) is 42.7 Å². The summed E-state index contributed by atoms with van der Waals surface area (Å²) in [5.74, 6) is 1.84. The lowest BCUT2D eigenvalue weighted by Gasteiger charge is -2.14. The Labute approximate surface area is 161 Å². The molecule has 0 radical (unpaired) electrons. The highest BCUT2D eigenvalue weighted by Gasteiger charge is 2.23. The fourth-order valence-corrected chi connectivity index (χ4v) is 3.12. The Morgan fingerprint density at radius 3 is 2.82 bits per heavy atom. The number of rotatable bonds is 6. The Hall–Kier alpha value is -3.39. The average molecular weight is 380 g/mol. The van der Waals surface area contributed by atoms with Crippen molar-refractivity contribution in [2.24, 2.45) is 0 Å². The lowest BCUT2D eigenvalue weighted by Crippen LogP contribution is -2.21. The molecule has 0 spiro atoms. The molecule has 144 valence electrons. The molecule has 1 aliphatic heterocycles. The maximum Gasteiger partial charge on any atom is 0.246 e. The number of pyridine rings is 2. The van der Waals surface area contributed by atoms with Crippen molar-refractivity contribution < 1.29 is 19.1 Å². The van der Waals surface area contributed by atoms with Crippen molar-refractivity contribution in [3.05, 3.63) is 42.6 Å². The first-order chi connectivity index (χ1) is 13.7. The van der Waals surface area contributed by atoms with Crippen LogP contribution in [0.25, 0.3) is 22.2 Å². The van der Waals surface area contributed by atoms with Gasteiger partial charge in [-0.3, -0.25) is 14.6 Å². The molecular formula is C20H20N4O4. The lowest BCUT2D eigenvalue weighted by atomic mass is 10.1. The van der Waals surface area contributed by atoms with Gasteiger partial charge in [-0.05, 0) is 36.4 Å². The SMILES string of the molecule is COc1ccc(-c2cc3ncccc3c(NC[C@H]3CC(=O)NO3)n2)cc1OC. The van der Waals surface area contributed by atoms with Crippen molar-refractivity contribution >= 4 is 22.6 Å². The second-order valence-electron chi connectivity index (χ2n) is 6.35. The zero-order valence-corrected chi connectivity index (χ0v) is 15.6. The summed E-state index contributed by atoms with van der Waals surface area (Å²) in [6.07, 6.45) is 1.82. The summed E-state index contributed by atoms with van der Waals surface area (Å²) in [5.41, 5.74) is 4.80. The molecule has 0 saturated carbocycles. The Balaban J connectivity index is 1.70. The van der Waals surface area contributed by atoms with Gasteiger partial charge in [-0.2, -0.15) is 0 Å². The predicted molar refractivity (Wildman–Crippen MR) is 104 cm³/mol. The van der Waals surface area contributed by atoms with E-state index >= 15 is 0 Å². The van der Waals surface area contributed by atoms with Gasteiger partial charge in [-0.1, -0.05) is 0 Å². The molecule has 28 heavy (non-hydrogen) atoms. The van der Waals surface area contributed by atoms with Crippen molar-refractivity contribution in [3.63, 3.8) is 0 Å². The van der Waals surface area contributed by atoms with E-state index in [0.29, 0.717) is 30.3 Å². The van der Waals surface area contributed by atoms with Gasteiger partial charge in [0.25, 0.3) is 0 Å². The van der Waals surface area contributed by atoms with Crippen LogP contribution in [0.15, 0.2) is 42.6 Å². The van der Waals surface area contributed by atoms with Gasteiger partial charge in [-0.15, -0.1) is 0 Å². The van der Waals surface area contributed by atoms with Crippen LogP contribution in [0.3, 0.4) is 0 Å². The fraction of sp³-hybridized carbons (Fsp3) is 0.250. The summed E-state index contributed by atoms with van der Waals surface area (Å²) in [6.45, 7) is 0.450. The van der Waals surface area contributed by atoms with Crippen LogP contribution in [0, 0.1) is 0 Å². The molecule has 1 atom stereocenters. The smallest absolute Gasteiger partial charge is 0.246 e. The second-order valence-corrected chi connectivity index (χ2v) is 6.35. The summed E-state index contributed by atoms with van der Waals surface area (Å²) in [4.78, 5) is 25.8. The van der Waals surface area contributed by atoms with Crippen molar-refractivity contribution in [2.75, 3.05) is 26.1 Å². The molecule has 4 rings (SSSR count). The average Bonchev–Trinajstić information content (AvgIpc) is 3.16. The molecule has 2 aromatic heterocycles. The van der Waals surface area contributed by atoms with Crippen LogP contribution in [0.2, 0.25) is 0 Å². The molecule has 1 aromatic carbocycles. The number of benzene rings is 1. The number of aromatic nitrogens is 2. The van der Waals surface area contributed by atoms with Crippen molar-refractivity contribution in [3.8, 4) is 22.8 Å². The molecule has 0 aliphatic carbocycles. The molecule has 1 fully saturated rings.